The maximum Gasteiger partial charge on any atom is 0.251 e. The van der Waals surface area contributed by atoms with Gasteiger partial charge < -0.3 is 19.5 Å². The summed E-state index contributed by atoms with van der Waals surface area (Å²) in [6.07, 6.45) is 1.61. The molecule has 0 spiro atoms. The third-order valence-electron chi connectivity index (χ3n) is 4.24. The zero-order valence-electron chi connectivity index (χ0n) is 16.2. The van der Waals surface area contributed by atoms with Crippen molar-refractivity contribution in [3.8, 4) is 28.6 Å². The second-order valence-electron chi connectivity index (χ2n) is 6.02. The van der Waals surface area contributed by atoms with Crippen molar-refractivity contribution in [1.82, 2.24) is 20.1 Å². The van der Waals surface area contributed by atoms with Crippen LogP contribution < -0.4 is 19.5 Å². The van der Waals surface area contributed by atoms with Crippen LogP contribution in [0.1, 0.15) is 15.9 Å². The van der Waals surface area contributed by atoms with E-state index in [1.807, 2.05) is 12.1 Å². The maximum atomic E-state index is 12.6. The molecule has 1 N–H and O–H groups in total. The molecule has 0 radical (unpaired) electrons. The lowest BCUT2D eigenvalue weighted by Gasteiger charge is -2.12. The van der Waals surface area contributed by atoms with E-state index in [9.17, 15) is 4.79 Å². The standard InChI is InChI=1S/C20H22N4O4/c1-24-12-22-19(23-24)16-8-6-13(9-18(16)28-4)20(25)21-11-14-5-7-15(26-2)10-17(14)27-3/h5-10,12H,11H2,1-4H3,(H,21,25). The minimum Gasteiger partial charge on any atom is -0.497 e. The zero-order chi connectivity index (χ0) is 20.1. The smallest absolute Gasteiger partial charge is 0.251 e. The number of hydrogen-bond donors (Lipinski definition) is 1. The molecule has 8 heteroatoms. The number of aryl methyl sites for hydroxylation is 1. The highest BCUT2D eigenvalue weighted by atomic mass is 16.5. The third kappa shape index (κ3) is 4.06. The van der Waals surface area contributed by atoms with Gasteiger partial charge in [-0.25, -0.2) is 4.98 Å². The number of amides is 1. The summed E-state index contributed by atoms with van der Waals surface area (Å²) in [5, 5.41) is 7.17. The Morgan fingerprint density at radius 2 is 1.82 bits per heavy atom. The molecule has 0 saturated heterocycles. The second kappa shape index (κ2) is 8.43. The van der Waals surface area contributed by atoms with Gasteiger partial charge in [0.1, 0.15) is 23.6 Å². The van der Waals surface area contributed by atoms with E-state index in [0.29, 0.717) is 35.2 Å². The first-order valence-corrected chi connectivity index (χ1v) is 8.59. The molecule has 0 aliphatic rings. The van der Waals surface area contributed by atoms with Crippen LogP contribution in [0.15, 0.2) is 42.7 Å². The average Bonchev–Trinajstić information content (AvgIpc) is 3.17. The van der Waals surface area contributed by atoms with Crippen molar-refractivity contribution in [3.63, 3.8) is 0 Å². The molecule has 146 valence electrons. The lowest BCUT2D eigenvalue weighted by atomic mass is 10.1. The van der Waals surface area contributed by atoms with Crippen LogP contribution in [0.3, 0.4) is 0 Å². The lowest BCUT2D eigenvalue weighted by Crippen LogP contribution is -2.23. The highest BCUT2D eigenvalue weighted by molar-refractivity contribution is 5.95. The first-order valence-electron chi connectivity index (χ1n) is 8.59. The van der Waals surface area contributed by atoms with Gasteiger partial charge in [0.05, 0.1) is 26.9 Å². The van der Waals surface area contributed by atoms with E-state index in [2.05, 4.69) is 15.4 Å². The fraction of sp³-hybridized carbons (Fsp3) is 0.250. The molecule has 0 bridgehead atoms. The van der Waals surface area contributed by atoms with Crippen LogP contribution in [0, 0.1) is 0 Å². The van der Waals surface area contributed by atoms with E-state index in [1.54, 1.807) is 63.7 Å². The average molecular weight is 382 g/mol. The van der Waals surface area contributed by atoms with Gasteiger partial charge in [-0.1, -0.05) is 0 Å². The van der Waals surface area contributed by atoms with E-state index >= 15 is 0 Å². The summed E-state index contributed by atoms with van der Waals surface area (Å²) in [7, 11) is 6.51. The van der Waals surface area contributed by atoms with Gasteiger partial charge >= 0.3 is 0 Å². The number of nitrogens with zero attached hydrogens (tertiary/aromatic N) is 3. The zero-order valence-corrected chi connectivity index (χ0v) is 16.2. The van der Waals surface area contributed by atoms with Crippen molar-refractivity contribution in [2.24, 2.45) is 7.05 Å². The predicted molar refractivity (Wildman–Crippen MR) is 104 cm³/mol. The van der Waals surface area contributed by atoms with Crippen molar-refractivity contribution in [1.29, 1.82) is 0 Å². The third-order valence-corrected chi connectivity index (χ3v) is 4.24. The predicted octanol–water partition coefficient (Wildman–Crippen LogP) is 2.44. The SMILES string of the molecule is COc1ccc(CNC(=O)c2ccc(-c3ncn(C)n3)c(OC)c2)c(OC)c1. The van der Waals surface area contributed by atoms with E-state index in [4.69, 9.17) is 14.2 Å². The minimum absolute atomic E-state index is 0.225. The van der Waals surface area contributed by atoms with E-state index in [0.717, 1.165) is 11.1 Å². The largest absolute Gasteiger partial charge is 0.497 e. The van der Waals surface area contributed by atoms with Crippen molar-refractivity contribution >= 4 is 5.91 Å². The molecule has 3 rings (SSSR count). The van der Waals surface area contributed by atoms with Crippen molar-refractivity contribution < 1.29 is 19.0 Å². The topological polar surface area (TPSA) is 87.5 Å². The summed E-state index contributed by atoms with van der Waals surface area (Å²) in [4.78, 5) is 16.8. The lowest BCUT2D eigenvalue weighted by molar-refractivity contribution is 0.0950. The highest BCUT2D eigenvalue weighted by Crippen LogP contribution is 2.28. The monoisotopic (exact) mass is 382 g/mol. The molecular formula is C20H22N4O4. The Balaban J connectivity index is 1.76. The number of methoxy groups -OCH3 is 3. The molecule has 0 aliphatic carbocycles. The van der Waals surface area contributed by atoms with Crippen LogP contribution in [-0.4, -0.2) is 42.0 Å². The molecular weight excluding hydrogens is 360 g/mol. The first kappa shape index (κ1) is 19.2. The molecule has 0 saturated carbocycles. The molecule has 8 nitrogen and oxygen atoms in total. The maximum absolute atomic E-state index is 12.6. The summed E-state index contributed by atoms with van der Waals surface area (Å²) in [5.74, 6) is 2.18. The summed E-state index contributed by atoms with van der Waals surface area (Å²) >= 11 is 0. The summed E-state index contributed by atoms with van der Waals surface area (Å²) < 4.78 is 17.6. The van der Waals surface area contributed by atoms with Crippen LogP contribution in [0.2, 0.25) is 0 Å². The molecule has 1 heterocycles. The molecule has 0 fully saturated rings. The number of aromatic nitrogens is 3. The number of nitrogens with one attached hydrogen (secondary N) is 1. The van der Waals surface area contributed by atoms with Crippen molar-refractivity contribution in [3.05, 3.63) is 53.9 Å². The molecule has 0 unspecified atom stereocenters. The molecule has 2 aromatic carbocycles. The van der Waals surface area contributed by atoms with Crippen LogP contribution in [0.4, 0.5) is 0 Å². The van der Waals surface area contributed by atoms with Crippen molar-refractivity contribution in [2.75, 3.05) is 21.3 Å². The molecule has 0 aliphatic heterocycles. The second-order valence-corrected chi connectivity index (χ2v) is 6.02. The van der Waals surface area contributed by atoms with Gasteiger partial charge in [-0.15, -0.1) is 0 Å². The van der Waals surface area contributed by atoms with E-state index in [1.165, 1.54) is 0 Å². The highest BCUT2D eigenvalue weighted by Gasteiger charge is 2.15. The van der Waals surface area contributed by atoms with Gasteiger partial charge in [0.2, 0.25) is 0 Å². The number of carbonyl (C=O) groups excluding carboxylic acids is 1. The number of carbonyl (C=O) groups is 1. The number of benzene rings is 2. The Kier molecular flexibility index (Phi) is 5.78. The Morgan fingerprint density at radius 1 is 1.04 bits per heavy atom. The number of rotatable bonds is 7. The summed E-state index contributed by atoms with van der Waals surface area (Å²) in [6, 6.07) is 10.6. The van der Waals surface area contributed by atoms with E-state index < -0.39 is 0 Å². The van der Waals surface area contributed by atoms with Gasteiger partial charge in [0, 0.05) is 30.8 Å². The van der Waals surface area contributed by atoms with Gasteiger partial charge in [-0.05, 0) is 30.3 Å². The quantitative estimate of drug-likeness (QED) is 0.675. The Bertz CT molecular complexity index is 984. The molecule has 0 atom stereocenters. The Hall–Kier alpha value is -3.55. The fourth-order valence-electron chi connectivity index (χ4n) is 2.76. The fourth-order valence-corrected chi connectivity index (χ4v) is 2.76. The first-order chi connectivity index (χ1) is 13.5. The van der Waals surface area contributed by atoms with E-state index in [-0.39, 0.29) is 5.91 Å². The number of hydrogen-bond acceptors (Lipinski definition) is 6. The Labute approximate surface area is 163 Å². The van der Waals surface area contributed by atoms with Gasteiger partial charge in [0.15, 0.2) is 5.82 Å². The molecule has 28 heavy (non-hydrogen) atoms. The van der Waals surface area contributed by atoms with Crippen LogP contribution in [0.25, 0.3) is 11.4 Å². The number of ether oxygens (including phenoxy) is 3. The summed E-state index contributed by atoms with van der Waals surface area (Å²) in [6.45, 7) is 0.317. The van der Waals surface area contributed by atoms with Gasteiger partial charge in [0.25, 0.3) is 5.91 Å². The van der Waals surface area contributed by atoms with Gasteiger partial charge in [-0.3, -0.25) is 9.48 Å². The van der Waals surface area contributed by atoms with Gasteiger partial charge in [-0.2, -0.15) is 5.10 Å². The van der Waals surface area contributed by atoms with Crippen LogP contribution in [0.5, 0.6) is 17.2 Å². The Morgan fingerprint density at radius 3 is 2.46 bits per heavy atom. The molecule has 1 aromatic heterocycles. The molecule has 1 amide bonds. The summed E-state index contributed by atoms with van der Waals surface area (Å²) in [5.41, 5.74) is 2.04. The van der Waals surface area contributed by atoms with Crippen LogP contribution >= 0.6 is 0 Å². The van der Waals surface area contributed by atoms with Crippen LogP contribution in [-0.2, 0) is 13.6 Å². The van der Waals surface area contributed by atoms with Crippen molar-refractivity contribution in [2.45, 2.75) is 6.54 Å². The minimum atomic E-state index is -0.225. The normalized spacial score (nSPS) is 10.4. The molecule has 3 aromatic rings.